The van der Waals surface area contributed by atoms with E-state index in [4.69, 9.17) is 5.21 Å². The Morgan fingerprint density at radius 1 is 1.89 bits per heavy atom. The number of rotatable bonds is 1. The van der Waals surface area contributed by atoms with Gasteiger partial charge in [-0.1, -0.05) is 9.89 Å². The molecule has 0 amide bonds. The van der Waals surface area contributed by atoms with Gasteiger partial charge in [0.05, 0.1) is 7.05 Å². The average Bonchev–Trinajstić information content (AvgIpc) is 2.13. The smallest absolute Gasteiger partial charge is 0.337 e. The molecule has 0 aromatic carbocycles. The summed E-state index contributed by atoms with van der Waals surface area (Å²) in [5.41, 5.74) is 0. The lowest BCUT2D eigenvalue weighted by Gasteiger charge is -1.82. The molecule has 0 aliphatic carbocycles. The first-order valence-corrected chi connectivity index (χ1v) is 2.35. The molecule has 0 saturated heterocycles. The van der Waals surface area contributed by atoms with Gasteiger partial charge in [0.2, 0.25) is 0 Å². The van der Waals surface area contributed by atoms with Gasteiger partial charge in [-0.2, -0.15) is 0 Å². The second kappa shape index (κ2) is 1.85. The molecule has 0 aliphatic heterocycles. The largest absolute Gasteiger partial charge is 0.475 e. The van der Waals surface area contributed by atoms with Crippen LogP contribution in [0.5, 0.6) is 0 Å². The predicted molar refractivity (Wildman–Crippen MR) is 28.3 cm³/mol. The van der Waals surface area contributed by atoms with Crippen LogP contribution in [0, 0.1) is 4.91 Å². The summed E-state index contributed by atoms with van der Waals surface area (Å²) in [6.07, 6.45) is 2.99. The topological polar surface area (TPSA) is 58.1 Å². The Labute approximate surface area is 51.1 Å². The van der Waals surface area contributed by atoms with Gasteiger partial charge in [0.15, 0.2) is 4.92 Å². The zero-order valence-corrected chi connectivity index (χ0v) is 4.85. The van der Waals surface area contributed by atoms with Crippen LogP contribution in [0.1, 0.15) is 0 Å². The van der Waals surface area contributed by atoms with Gasteiger partial charge < -0.3 is 5.21 Å². The summed E-state index contributed by atoms with van der Waals surface area (Å²) in [7, 11) is 1.61. The maximum atomic E-state index is 10.1. The van der Waals surface area contributed by atoms with Crippen molar-refractivity contribution in [3.8, 4) is 0 Å². The SMILES string of the molecule is Cn1ccnc1[N+](=O)O. The molecule has 5 nitrogen and oxygen atoms in total. The molecule has 0 unspecified atom stereocenters. The first-order valence-electron chi connectivity index (χ1n) is 2.35. The zero-order chi connectivity index (χ0) is 6.85. The van der Waals surface area contributed by atoms with E-state index in [1.165, 1.54) is 10.8 Å². The average molecular weight is 128 g/mol. The molecular weight excluding hydrogens is 122 g/mol. The summed E-state index contributed by atoms with van der Waals surface area (Å²) in [5.74, 6) is -0.0185. The quantitative estimate of drug-likeness (QED) is 0.550. The molecule has 9 heavy (non-hydrogen) atoms. The van der Waals surface area contributed by atoms with Gasteiger partial charge in [-0.3, -0.25) is 0 Å². The van der Waals surface area contributed by atoms with Crippen molar-refractivity contribution in [1.82, 2.24) is 9.55 Å². The molecule has 1 heterocycles. The Bertz CT molecular complexity index is 229. The van der Waals surface area contributed by atoms with E-state index in [9.17, 15) is 4.91 Å². The molecular formula is C4H6N3O2+. The van der Waals surface area contributed by atoms with Gasteiger partial charge in [-0.05, 0) is 0 Å². The summed E-state index contributed by atoms with van der Waals surface area (Å²) in [4.78, 5) is 13.4. The van der Waals surface area contributed by atoms with Gasteiger partial charge in [-0.15, -0.1) is 0 Å². The van der Waals surface area contributed by atoms with Crippen molar-refractivity contribution in [3.63, 3.8) is 0 Å². The van der Waals surface area contributed by atoms with Crippen LogP contribution in [-0.2, 0) is 7.05 Å². The van der Waals surface area contributed by atoms with E-state index in [0.717, 1.165) is 0 Å². The summed E-state index contributed by atoms with van der Waals surface area (Å²) < 4.78 is 1.41. The highest BCUT2D eigenvalue weighted by Gasteiger charge is 2.14. The van der Waals surface area contributed by atoms with Gasteiger partial charge in [0.25, 0.3) is 0 Å². The third kappa shape index (κ3) is 0.883. The Morgan fingerprint density at radius 2 is 2.56 bits per heavy atom. The van der Waals surface area contributed by atoms with Gasteiger partial charge >= 0.3 is 5.95 Å². The number of hydrogen-bond donors (Lipinski definition) is 1. The second-order valence-electron chi connectivity index (χ2n) is 1.61. The number of imidazole rings is 1. The Morgan fingerprint density at radius 3 is 2.78 bits per heavy atom. The van der Waals surface area contributed by atoms with Gasteiger partial charge in [-0.25, -0.2) is 4.57 Å². The monoisotopic (exact) mass is 128 g/mol. The maximum Gasteiger partial charge on any atom is 0.475 e. The highest BCUT2D eigenvalue weighted by atomic mass is 16.6. The van der Waals surface area contributed by atoms with Crippen LogP contribution in [0.4, 0.5) is 5.95 Å². The maximum absolute atomic E-state index is 10.1. The Kier molecular flexibility index (Phi) is 1.18. The summed E-state index contributed by atoms with van der Waals surface area (Å²) in [6.45, 7) is 0. The van der Waals surface area contributed by atoms with E-state index in [2.05, 4.69) is 4.98 Å². The van der Waals surface area contributed by atoms with Crippen LogP contribution in [0.25, 0.3) is 0 Å². The van der Waals surface area contributed by atoms with Gasteiger partial charge in [0, 0.05) is 0 Å². The van der Waals surface area contributed by atoms with E-state index in [1.807, 2.05) is 0 Å². The van der Waals surface area contributed by atoms with Crippen molar-refractivity contribution >= 4 is 5.95 Å². The minimum absolute atomic E-state index is 0.0185. The highest BCUT2D eigenvalue weighted by Crippen LogP contribution is 2.01. The first-order chi connectivity index (χ1) is 4.22. The first kappa shape index (κ1) is 5.74. The lowest BCUT2D eigenvalue weighted by atomic mass is 10.9. The Balaban J connectivity index is 3.08. The van der Waals surface area contributed by atoms with Crippen LogP contribution >= 0.6 is 0 Å². The lowest BCUT2D eigenvalue weighted by Crippen LogP contribution is -1.99. The minimum atomic E-state index is -0.278. The van der Waals surface area contributed by atoms with Gasteiger partial charge in [0.1, 0.15) is 12.4 Å². The molecule has 0 aliphatic rings. The lowest BCUT2D eigenvalue weighted by molar-refractivity contribution is -0.735. The fourth-order valence-electron chi connectivity index (χ4n) is 0.542. The van der Waals surface area contributed by atoms with Crippen molar-refractivity contribution < 1.29 is 10.1 Å². The van der Waals surface area contributed by atoms with Crippen molar-refractivity contribution in [2.75, 3.05) is 0 Å². The molecule has 0 spiro atoms. The summed E-state index contributed by atoms with van der Waals surface area (Å²) in [6, 6.07) is 0. The molecule has 0 atom stereocenters. The second-order valence-corrected chi connectivity index (χ2v) is 1.61. The third-order valence-corrected chi connectivity index (χ3v) is 0.967. The molecule has 5 heteroatoms. The molecule has 1 rings (SSSR count). The fraction of sp³-hybridized carbons (Fsp3) is 0.250. The molecule has 0 radical (unpaired) electrons. The van der Waals surface area contributed by atoms with Crippen molar-refractivity contribution in [2.24, 2.45) is 7.05 Å². The van der Waals surface area contributed by atoms with E-state index < -0.39 is 0 Å². The zero-order valence-electron chi connectivity index (χ0n) is 4.85. The molecule has 1 N–H and O–H groups in total. The number of aromatic nitrogens is 2. The molecule has 48 valence electrons. The minimum Gasteiger partial charge on any atom is -0.337 e. The molecule has 1 aromatic heterocycles. The fourth-order valence-corrected chi connectivity index (χ4v) is 0.542. The molecule has 1 aromatic rings. The predicted octanol–water partition coefficient (Wildman–Crippen LogP) is 0.220. The van der Waals surface area contributed by atoms with Crippen LogP contribution in [0.15, 0.2) is 12.4 Å². The highest BCUT2D eigenvalue weighted by molar-refractivity contribution is 5.03. The van der Waals surface area contributed by atoms with Crippen LogP contribution in [-0.4, -0.2) is 19.7 Å². The number of nitrogens with zero attached hydrogens (tertiary/aromatic N) is 3. The van der Waals surface area contributed by atoms with Crippen molar-refractivity contribution in [2.45, 2.75) is 0 Å². The van der Waals surface area contributed by atoms with E-state index in [0.29, 0.717) is 0 Å². The van der Waals surface area contributed by atoms with Crippen LogP contribution in [0.2, 0.25) is 0 Å². The molecule has 0 saturated carbocycles. The van der Waals surface area contributed by atoms with E-state index in [1.54, 1.807) is 13.2 Å². The van der Waals surface area contributed by atoms with Crippen LogP contribution in [0.3, 0.4) is 0 Å². The number of aryl methyl sites for hydroxylation is 1. The molecule has 0 fully saturated rings. The van der Waals surface area contributed by atoms with E-state index >= 15 is 0 Å². The normalized spacial score (nSPS) is 9.44. The van der Waals surface area contributed by atoms with E-state index in [-0.39, 0.29) is 10.9 Å². The standard InChI is InChI=1S/C4H6N3O2/c1-6-3-2-5-4(6)7(8)9/h2-3H,1H3,(H,8,9)/q+1. The summed E-state index contributed by atoms with van der Waals surface area (Å²) in [5, 5.41) is 8.29. The number of hydrogen-bond acceptors (Lipinski definition) is 2. The summed E-state index contributed by atoms with van der Waals surface area (Å²) >= 11 is 0. The van der Waals surface area contributed by atoms with Crippen molar-refractivity contribution in [1.29, 1.82) is 0 Å². The molecule has 0 bridgehead atoms. The van der Waals surface area contributed by atoms with Crippen molar-refractivity contribution in [3.05, 3.63) is 17.3 Å². The Hall–Kier alpha value is -1.39. The van der Waals surface area contributed by atoms with Crippen LogP contribution < -0.4 is 0 Å². The third-order valence-electron chi connectivity index (χ3n) is 0.967.